The number of furan rings is 1. The Morgan fingerprint density at radius 1 is 1.13 bits per heavy atom. The van der Waals surface area contributed by atoms with Crippen molar-refractivity contribution in [1.29, 1.82) is 0 Å². The van der Waals surface area contributed by atoms with Crippen LogP contribution in [0, 0.1) is 6.92 Å². The predicted molar refractivity (Wildman–Crippen MR) is 115 cm³/mol. The number of ether oxygens (including phenoxy) is 3. The van der Waals surface area contributed by atoms with E-state index in [0.717, 1.165) is 55.3 Å². The Labute approximate surface area is 177 Å². The van der Waals surface area contributed by atoms with E-state index in [2.05, 4.69) is 48.2 Å². The molecule has 3 heterocycles. The Morgan fingerprint density at radius 3 is 2.87 bits per heavy atom. The molecule has 0 radical (unpaired) electrons. The second-order valence-corrected chi connectivity index (χ2v) is 8.07. The molecule has 0 aliphatic carbocycles. The second-order valence-electron chi connectivity index (χ2n) is 8.07. The highest BCUT2D eigenvalue weighted by molar-refractivity contribution is 5.72. The molecule has 0 bridgehead atoms. The van der Waals surface area contributed by atoms with Crippen molar-refractivity contribution in [3.05, 3.63) is 71.7 Å². The SMILES string of the molecule is Cc1ccccc1-c1cc2c(c(O[C@H]3CCOC3)c1)OCCN(Cc1ccoc1)C2. The van der Waals surface area contributed by atoms with E-state index < -0.39 is 0 Å². The van der Waals surface area contributed by atoms with E-state index in [1.54, 1.807) is 6.26 Å². The van der Waals surface area contributed by atoms with Crippen LogP contribution in [0.2, 0.25) is 0 Å². The summed E-state index contributed by atoms with van der Waals surface area (Å²) in [6.07, 6.45) is 4.53. The van der Waals surface area contributed by atoms with Crippen LogP contribution in [0.1, 0.15) is 23.1 Å². The Hall–Kier alpha value is -2.76. The van der Waals surface area contributed by atoms with Crippen molar-refractivity contribution in [2.45, 2.75) is 32.5 Å². The molecule has 2 aliphatic rings. The van der Waals surface area contributed by atoms with Gasteiger partial charge in [0.05, 0.1) is 25.7 Å². The molecule has 3 aromatic rings. The molecule has 0 unspecified atom stereocenters. The molecule has 1 saturated heterocycles. The third kappa shape index (κ3) is 4.09. The van der Waals surface area contributed by atoms with Crippen molar-refractivity contribution < 1.29 is 18.6 Å². The van der Waals surface area contributed by atoms with Gasteiger partial charge < -0.3 is 18.6 Å². The minimum atomic E-state index is 0.0788. The van der Waals surface area contributed by atoms with Gasteiger partial charge in [-0.25, -0.2) is 0 Å². The highest BCUT2D eigenvalue weighted by Gasteiger charge is 2.25. The van der Waals surface area contributed by atoms with Crippen LogP contribution >= 0.6 is 0 Å². The molecule has 156 valence electrons. The predicted octanol–water partition coefficient (Wildman–Crippen LogP) is 4.82. The van der Waals surface area contributed by atoms with Gasteiger partial charge in [0.2, 0.25) is 0 Å². The molecule has 30 heavy (non-hydrogen) atoms. The van der Waals surface area contributed by atoms with Gasteiger partial charge in [-0.15, -0.1) is 0 Å². The lowest BCUT2D eigenvalue weighted by atomic mass is 9.97. The molecule has 1 atom stereocenters. The third-order valence-corrected chi connectivity index (χ3v) is 5.80. The normalized spacial score (nSPS) is 19.2. The Balaban J connectivity index is 1.52. The molecule has 5 heteroatoms. The Bertz CT molecular complexity index is 992. The summed E-state index contributed by atoms with van der Waals surface area (Å²) in [5.41, 5.74) is 5.96. The van der Waals surface area contributed by atoms with Crippen LogP contribution in [-0.2, 0) is 17.8 Å². The van der Waals surface area contributed by atoms with Crippen molar-refractivity contribution >= 4 is 0 Å². The fraction of sp³-hybridized carbons (Fsp3) is 0.360. The number of hydrogen-bond acceptors (Lipinski definition) is 5. The van der Waals surface area contributed by atoms with Gasteiger partial charge in [0, 0.05) is 37.2 Å². The molecule has 1 aromatic heterocycles. The molecule has 0 spiro atoms. The van der Waals surface area contributed by atoms with Gasteiger partial charge in [0.15, 0.2) is 11.5 Å². The molecule has 0 N–H and O–H groups in total. The first-order chi connectivity index (χ1) is 14.8. The maximum absolute atomic E-state index is 6.39. The van der Waals surface area contributed by atoms with Crippen LogP contribution < -0.4 is 9.47 Å². The fourth-order valence-electron chi connectivity index (χ4n) is 4.24. The van der Waals surface area contributed by atoms with Crippen molar-refractivity contribution in [3.8, 4) is 22.6 Å². The summed E-state index contributed by atoms with van der Waals surface area (Å²) in [7, 11) is 0. The summed E-state index contributed by atoms with van der Waals surface area (Å²) in [4.78, 5) is 2.39. The summed E-state index contributed by atoms with van der Waals surface area (Å²) in [6, 6.07) is 14.9. The van der Waals surface area contributed by atoms with Crippen LogP contribution in [0.25, 0.3) is 11.1 Å². The Kier molecular flexibility index (Phi) is 5.47. The molecule has 0 amide bonds. The van der Waals surface area contributed by atoms with Crippen molar-refractivity contribution in [3.63, 3.8) is 0 Å². The quantitative estimate of drug-likeness (QED) is 0.609. The Morgan fingerprint density at radius 2 is 2.07 bits per heavy atom. The van der Waals surface area contributed by atoms with E-state index in [1.807, 2.05) is 12.3 Å². The average Bonchev–Trinajstić information content (AvgIpc) is 3.40. The number of hydrogen-bond donors (Lipinski definition) is 0. The summed E-state index contributed by atoms with van der Waals surface area (Å²) >= 11 is 0. The van der Waals surface area contributed by atoms with Gasteiger partial charge in [-0.05, 0) is 41.8 Å². The van der Waals surface area contributed by atoms with Crippen LogP contribution in [0.5, 0.6) is 11.5 Å². The first-order valence-electron chi connectivity index (χ1n) is 10.6. The van der Waals surface area contributed by atoms with Gasteiger partial charge in [0.1, 0.15) is 12.7 Å². The van der Waals surface area contributed by atoms with Crippen molar-refractivity contribution in [1.82, 2.24) is 4.90 Å². The van der Waals surface area contributed by atoms with Gasteiger partial charge in [-0.2, -0.15) is 0 Å². The van der Waals surface area contributed by atoms with Gasteiger partial charge in [-0.3, -0.25) is 4.90 Å². The number of fused-ring (bicyclic) bond motifs is 1. The van der Waals surface area contributed by atoms with Gasteiger partial charge in [0.25, 0.3) is 0 Å². The van der Waals surface area contributed by atoms with Crippen LogP contribution in [-0.4, -0.2) is 37.4 Å². The highest BCUT2D eigenvalue weighted by Crippen LogP contribution is 2.40. The van der Waals surface area contributed by atoms with Gasteiger partial charge >= 0.3 is 0 Å². The molecule has 2 aromatic carbocycles. The molecule has 1 fully saturated rings. The summed E-state index contributed by atoms with van der Waals surface area (Å²) in [6.45, 7) is 6.66. The minimum absolute atomic E-state index is 0.0788. The first-order valence-corrected chi connectivity index (χ1v) is 10.6. The summed E-state index contributed by atoms with van der Waals surface area (Å²) in [5, 5.41) is 0. The number of nitrogens with zero attached hydrogens (tertiary/aromatic N) is 1. The smallest absolute Gasteiger partial charge is 0.165 e. The largest absolute Gasteiger partial charge is 0.488 e. The van der Waals surface area contributed by atoms with Crippen LogP contribution in [0.15, 0.2) is 59.4 Å². The standard InChI is InChI=1S/C25H27NO4/c1-18-4-2-3-5-23(18)20-12-21-15-26(14-19-6-9-27-16-19)8-11-29-25(21)24(13-20)30-22-7-10-28-17-22/h2-6,9,12-13,16,22H,7-8,10-11,14-15,17H2,1H3/t22-/m0/s1. The molecule has 2 aliphatic heterocycles. The van der Waals surface area contributed by atoms with Crippen molar-refractivity contribution in [2.75, 3.05) is 26.4 Å². The molecule has 0 saturated carbocycles. The van der Waals surface area contributed by atoms with Crippen LogP contribution in [0.4, 0.5) is 0 Å². The number of benzene rings is 2. The first kappa shape index (κ1) is 19.2. The lowest BCUT2D eigenvalue weighted by molar-refractivity contribution is 0.137. The zero-order chi connectivity index (χ0) is 20.3. The van der Waals surface area contributed by atoms with E-state index in [9.17, 15) is 0 Å². The maximum Gasteiger partial charge on any atom is 0.165 e. The number of aryl methyl sites for hydroxylation is 1. The fourth-order valence-corrected chi connectivity index (χ4v) is 4.24. The zero-order valence-corrected chi connectivity index (χ0v) is 17.3. The summed E-state index contributed by atoms with van der Waals surface area (Å²) < 4.78 is 23.4. The van der Waals surface area contributed by atoms with E-state index in [1.165, 1.54) is 16.7 Å². The zero-order valence-electron chi connectivity index (χ0n) is 17.3. The lowest BCUT2D eigenvalue weighted by Crippen LogP contribution is -2.25. The highest BCUT2D eigenvalue weighted by atomic mass is 16.6. The van der Waals surface area contributed by atoms with E-state index in [-0.39, 0.29) is 6.10 Å². The molecular formula is C25H27NO4. The molecule has 5 rings (SSSR count). The van der Waals surface area contributed by atoms with Crippen molar-refractivity contribution in [2.24, 2.45) is 0 Å². The average molecular weight is 405 g/mol. The van der Waals surface area contributed by atoms with E-state index in [4.69, 9.17) is 18.6 Å². The van der Waals surface area contributed by atoms with E-state index in [0.29, 0.717) is 13.2 Å². The van der Waals surface area contributed by atoms with E-state index >= 15 is 0 Å². The molecular weight excluding hydrogens is 378 g/mol. The minimum Gasteiger partial charge on any atom is -0.488 e. The second kappa shape index (κ2) is 8.54. The molecule has 5 nitrogen and oxygen atoms in total. The topological polar surface area (TPSA) is 44.1 Å². The third-order valence-electron chi connectivity index (χ3n) is 5.80. The monoisotopic (exact) mass is 405 g/mol. The van der Waals surface area contributed by atoms with Crippen LogP contribution in [0.3, 0.4) is 0 Å². The summed E-state index contributed by atoms with van der Waals surface area (Å²) in [5.74, 6) is 1.69. The lowest BCUT2D eigenvalue weighted by Gasteiger charge is -2.21. The number of rotatable bonds is 5. The maximum atomic E-state index is 6.39. The van der Waals surface area contributed by atoms with Gasteiger partial charge in [-0.1, -0.05) is 24.3 Å².